The first kappa shape index (κ1) is 14.2. The van der Waals surface area contributed by atoms with Gasteiger partial charge in [0.15, 0.2) is 0 Å². The summed E-state index contributed by atoms with van der Waals surface area (Å²) in [5, 5.41) is 0. The fraction of sp³-hybridized carbons (Fsp3) is 0.167. The van der Waals surface area contributed by atoms with Gasteiger partial charge >= 0.3 is 12.4 Å². The van der Waals surface area contributed by atoms with Gasteiger partial charge in [-0.15, -0.1) is 0 Å². The van der Waals surface area contributed by atoms with Crippen LogP contribution >= 0.6 is 0 Å². The molecule has 0 saturated heterocycles. The number of allylic oxidation sites excluding steroid dienone is 2. The van der Waals surface area contributed by atoms with Crippen molar-refractivity contribution < 1.29 is 26.3 Å². The summed E-state index contributed by atoms with van der Waals surface area (Å²) in [6.45, 7) is 0. The van der Waals surface area contributed by atoms with Gasteiger partial charge in [0.2, 0.25) is 0 Å². The van der Waals surface area contributed by atoms with E-state index < -0.39 is 17.9 Å². The number of alkyl halides is 6. The molecule has 0 saturated carbocycles. The molecule has 0 aliphatic heterocycles. The zero-order valence-corrected chi connectivity index (χ0v) is 8.65. The maximum Gasteiger partial charge on any atom is 0.458 e. The summed E-state index contributed by atoms with van der Waals surface area (Å²) in [5.74, 6) is 2.24. The molecule has 0 bridgehead atoms. The lowest BCUT2D eigenvalue weighted by Crippen LogP contribution is -2.05. The highest BCUT2D eigenvalue weighted by Crippen LogP contribution is 2.23. The van der Waals surface area contributed by atoms with E-state index in [1.165, 1.54) is 36.3 Å². The summed E-state index contributed by atoms with van der Waals surface area (Å²) >= 11 is 0. The third-order valence-electron chi connectivity index (χ3n) is 1.66. The predicted molar refractivity (Wildman–Crippen MR) is 53.0 cm³/mol. The fourth-order valence-electron chi connectivity index (χ4n) is 1.06. The van der Waals surface area contributed by atoms with Crippen molar-refractivity contribution in [1.29, 1.82) is 0 Å². The zero-order valence-electron chi connectivity index (χ0n) is 8.65. The predicted octanol–water partition coefficient (Wildman–Crippen LogP) is 4.00. The fourth-order valence-corrected chi connectivity index (χ4v) is 1.06. The Morgan fingerprint density at radius 3 is 1.83 bits per heavy atom. The number of hydrogen-bond donors (Lipinski definition) is 0. The lowest BCUT2D eigenvalue weighted by atomic mass is 10.1. The molecule has 0 heterocycles. The summed E-state index contributed by atoms with van der Waals surface area (Å²) in [6.07, 6.45) is -8.72. The molecule has 95 valence electrons. The van der Waals surface area contributed by atoms with Crippen molar-refractivity contribution in [2.45, 2.75) is 12.4 Å². The first-order chi connectivity index (χ1) is 8.17. The second-order valence-corrected chi connectivity index (χ2v) is 3.11. The van der Waals surface area contributed by atoms with Gasteiger partial charge in [0.05, 0.1) is 6.08 Å². The third kappa shape index (κ3) is 5.43. The summed E-state index contributed by atoms with van der Waals surface area (Å²) in [7, 11) is 0. The molecule has 0 unspecified atom stereocenters. The molecule has 6 heteroatoms. The van der Waals surface area contributed by atoms with Gasteiger partial charge in [0, 0.05) is 11.5 Å². The van der Waals surface area contributed by atoms with Crippen molar-refractivity contribution in [2.75, 3.05) is 0 Å². The van der Waals surface area contributed by atoms with Gasteiger partial charge in [-0.1, -0.05) is 36.3 Å². The quantitative estimate of drug-likeness (QED) is 0.530. The second-order valence-electron chi connectivity index (χ2n) is 3.11. The Bertz CT molecular complexity index is 481. The molecule has 18 heavy (non-hydrogen) atoms. The minimum Gasteiger partial charge on any atom is -0.166 e. The van der Waals surface area contributed by atoms with Gasteiger partial charge in [0.1, 0.15) is 0 Å². The molecule has 0 aliphatic carbocycles. The monoisotopic (exact) mass is 263 g/mol. The van der Waals surface area contributed by atoms with Gasteiger partial charge in [-0.3, -0.25) is 0 Å². The lowest BCUT2D eigenvalue weighted by molar-refractivity contribution is -0.0870. The van der Waals surface area contributed by atoms with Gasteiger partial charge < -0.3 is 0 Å². The van der Waals surface area contributed by atoms with Crippen molar-refractivity contribution in [3.63, 3.8) is 0 Å². The van der Waals surface area contributed by atoms with E-state index in [9.17, 15) is 26.3 Å². The molecule has 1 aromatic rings. The Kier molecular flexibility index (Phi) is 4.07. The van der Waals surface area contributed by atoms with Gasteiger partial charge in [-0.25, -0.2) is 0 Å². The topological polar surface area (TPSA) is 0 Å². The zero-order chi connectivity index (χ0) is 13.8. The van der Waals surface area contributed by atoms with Gasteiger partial charge in [0.25, 0.3) is 0 Å². The van der Waals surface area contributed by atoms with E-state index in [4.69, 9.17) is 0 Å². The van der Waals surface area contributed by atoms with Crippen LogP contribution in [0.3, 0.4) is 0 Å². The number of rotatable bonds is 1. The molecule has 0 atom stereocenters. The van der Waals surface area contributed by atoms with E-state index in [2.05, 4.69) is 0 Å². The minimum atomic E-state index is -4.86. The Morgan fingerprint density at radius 1 is 0.833 bits per heavy atom. The van der Waals surface area contributed by atoms with Crippen LogP contribution in [0.25, 0.3) is 5.57 Å². The molecule has 0 fully saturated rings. The average Bonchev–Trinajstić information content (AvgIpc) is 2.23. The lowest BCUT2D eigenvalue weighted by Gasteiger charge is -2.03. The molecule has 0 aromatic heterocycles. The maximum absolute atomic E-state index is 12.1. The SMILES string of the molecule is FC(F)(F)[C]=C(C#CC(F)(F)F)c1ccccc1. The summed E-state index contributed by atoms with van der Waals surface area (Å²) < 4.78 is 72.0. The normalized spacial score (nSPS) is 12.9. The summed E-state index contributed by atoms with van der Waals surface area (Å²) in [5.41, 5.74) is -0.924. The van der Waals surface area contributed by atoms with E-state index in [1.54, 1.807) is 0 Å². The van der Waals surface area contributed by atoms with Crippen molar-refractivity contribution in [2.24, 2.45) is 0 Å². The molecular formula is C12H5F6. The highest BCUT2D eigenvalue weighted by atomic mass is 19.4. The Labute approximate surface area is 98.9 Å². The van der Waals surface area contributed by atoms with Crippen molar-refractivity contribution in [3.8, 4) is 11.8 Å². The molecule has 0 N–H and O–H groups in total. The number of halogens is 6. The standard InChI is InChI=1S/C12H5F6/c13-11(14,15)7-6-10(8-12(16,17)18)9-4-2-1-3-5-9/h1-5H. The van der Waals surface area contributed by atoms with E-state index in [0.29, 0.717) is 0 Å². The smallest absolute Gasteiger partial charge is 0.166 e. The van der Waals surface area contributed by atoms with Crippen LogP contribution in [-0.4, -0.2) is 12.4 Å². The van der Waals surface area contributed by atoms with Crippen LogP contribution in [-0.2, 0) is 0 Å². The van der Waals surface area contributed by atoms with Crippen LogP contribution in [0.15, 0.2) is 30.3 Å². The maximum atomic E-state index is 12.1. The first-order valence-corrected chi connectivity index (χ1v) is 4.54. The first-order valence-electron chi connectivity index (χ1n) is 4.54. The van der Waals surface area contributed by atoms with Gasteiger partial charge in [-0.05, 0) is 5.56 Å². The van der Waals surface area contributed by atoms with Crippen LogP contribution in [0.1, 0.15) is 5.56 Å². The van der Waals surface area contributed by atoms with Crippen molar-refractivity contribution >= 4 is 5.57 Å². The molecule has 1 rings (SSSR count). The van der Waals surface area contributed by atoms with Crippen LogP contribution in [0.5, 0.6) is 0 Å². The molecule has 0 nitrogen and oxygen atoms in total. The largest absolute Gasteiger partial charge is 0.458 e. The van der Waals surface area contributed by atoms with Crippen LogP contribution < -0.4 is 0 Å². The minimum absolute atomic E-state index is 0.0772. The number of benzene rings is 1. The average molecular weight is 263 g/mol. The molecular weight excluding hydrogens is 258 g/mol. The molecule has 0 spiro atoms. The number of hydrogen-bond acceptors (Lipinski definition) is 0. The highest BCUT2D eigenvalue weighted by molar-refractivity contribution is 5.77. The second kappa shape index (κ2) is 5.17. The highest BCUT2D eigenvalue weighted by Gasteiger charge is 2.27. The Morgan fingerprint density at radius 2 is 1.39 bits per heavy atom. The molecule has 0 aliphatic rings. The van der Waals surface area contributed by atoms with Crippen LogP contribution in [0.2, 0.25) is 0 Å². The Balaban J connectivity index is 3.20. The Hall–Kier alpha value is -1.90. The van der Waals surface area contributed by atoms with E-state index >= 15 is 0 Å². The third-order valence-corrected chi connectivity index (χ3v) is 1.66. The summed E-state index contributed by atoms with van der Waals surface area (Å²) in [4.78, 5) is 0. The van der Waals surface area contributed by atoms with Crippen LogP contribution in [0, 0.1) is 17.9 Å². The van der Waals surface area contributed by atoms with E-state index in [1.807, 2.05) is 0 Å². The molecule has 1 radical (unpaired) electrons. The van der Waals surface area contributed by atoms with E-state index in [0.717, 1.165) is 12.0 Å². The van der Waals surface area contributed by atoms with Gasteiger partial charge in [-0.2, -0.15) is 26.3 Å². The van der Waals surface area contributed by atoms with E-state index in [-0.39, 0.29) is 5.56 Å². The molecule has 0 amide bonds. The van der Waals surface area contributed by atoms with Crippen molar-refractivity contribution in [1.82, 2.24) is 0 Å². The van der Waals surface area contributed by atoms with Crippen molar-refractivity contribution in [3.05, 3.63) is 42.0 Å². The molecule has 1 aromatic carbocycles. The van der Waals surface area contributed by atoms with Crippen LogP contribution in [0.4, 0.5) is 26.3 Å². The summed E-state index contributed by atoms with van der Waals surface area (Å²) in [6, 6.07) is 6.75.